The Morgan fingerprint density at radius 3 is 2.28 bits per heavy atom. The van der Waals surface area contributed by atoms with Crippen LogP contribution in [0.15, 0.2) is 42.6 Å². The van der Waals surface area contributed by atoms with E-state index in [2.05, 4.69) is 4.98 Å². The molecule has 0 unspecified atom stereocenters. The van der Waals surface area contributed by atoms with E-state index in [1.165, 1.54) is 12.1 Å². The fourth-order valence-corrected chi connectivity index (χ4v) is 5.48. The minimum absolute atomic E-state index is 0.0474. The molecule has 0 radical (unpaired) electrons. The number of nitrogens with zero attached hydrogens (tertiary/aromatic N) is 1. The van der Waals surface area contributed by atoms with Gasteiger partial charge in [-0.2, -0.15) is 0 Å². The molecule has 2 aromatic rings. The Morgan fingerprint density at radius 1 is 1.06 bits per heavy atom. The quantitative estimate of drug-likeness (QED) is 0.567. The maximum atomic E-state index is 12.6. The number of Topliss-reactive ketones (excluding diaryl/α,β-unsaturated/α-hetero) is 3. The van der Waals surface area contributed by atoms with E-state index < -0.39 is 45.3 Å². The monoisotopic (exact) mass is 479 g/mol. The van der Waals surface area contributed by atoms with E-state index in [0.29, 0.717) is 23.0 Å². The standard InChI is InChI=1S/C22H22ClNO7S/c1-12(25)20(28)11-32-19(21(29,13(2)26)22(20,30)14(3)27)31-18-10-15(7-8-16(18)23)17-6-4-5-9-24-17/h4-10,19,28-30H,11H2,1-3H3/t19-,20-,21-,22-/m0/s1. The van der Waals surface area contributed by atoms with E-state index in [1.54, 1.807) is 30.5 Å². The maximum absolute atomic E-state index is 12.6. The van der Waals surface area contributed by atoms with Crippen LogP contribution in [0.5, 0.6) is 5.75 Å². The number of carbonyl (C=O) groups excluding carboxylic acids is 3. The number of hydrogen-bond acceptors (Lipinski definition) is 9. The van der Waals surface area contributed by atoms with Crippen LogP contribution in [0.2, 0.25) is 5.02 Å². The molecule has 1 fully saturated rings. The molecule has 0 bridgehead atoms. The number of ether oxygens (including phenoxy) is 1. The molecule has 10 heteroatoms. The summed E-state index contributed by atoms with van der Waals surface area (Å²) in [4.78, 5) is 41.5. The molecule has 2 heterocycles. The number of rotatable bonds is 6. The summed E-state index contributed by atoms with van der Waals surface area (Å²) in [6, 6.07) is 10.1. The molecule has 1 aliphatic heterocycles. The van der Waals surface area contributed by atoms with Gasteiger partial charge in [-0.1, -0.05) is 23.7 Å². The van der Waals surface area contributed by atoms with Crippen LogP contribution < -0.4 is 4.74 Å². The van der Waals surface area contributed by atoms with E-state index in [4.69, 9.17) is 16.3 Å². The van der Waals surface area contributed by atoms with Gasteiger partial charge in [-0.3, -0.25) is 19.4 Å². The summed E-state index contributed by atoms with van der Waals surface area (Å²) in [6.45, 7) is 2.77. The number of carbonyl (C=O) groups is 3. The molecule has 0 amide bonds. The van der Waals surface area contributed by atoms with Crippen LogP contribution in [-0.4, -0.2) is 65.6 Å². The van der Waals surface area contributed by atoms with Gasteiger partial charge in [-0.05, 0) is 45.0 Å². The van der Waals surface area contributed by atoms with Gasteiger partial charge >= 0.3 is 0 Å². The molecule has 1 saturated heterocycles. The lowest BCUT2D eigenvalue weighted by molar-refractivity contribution is -0.235. The molecule has 3 N–H and O–H groups in total. The predicted octanol–water partition coefficient (Wildman–Crippen LogP) is 1.81. The molecule has 1 aromatic carbocycles. The molecular weight excluding hydrogens is 458 g/mol. The van der Waals surface area contributed by atoms with Crippen molar-refractivity contribution < 1.29 is 34.4 Å². The highest BCUT2D eigenvalue weighted by atomic mass is 35.5. The van der Waals surface area contributed by atoms with E-state index >= 15 is 0 Å². The van der Waals surface area contributed by atoms with E-state index in [1.807, 2.05) is 0 Å². The number of thioether (sulfide) groups is 1. The Balaban J connectivity index is 2.10. The minimum atomic E-state index is -3.14. The van der Waals surface area contributed by atoms with Crippen molar-refractivity contribution in [2.45, 2.75) is 43.0 Å². The first-order valence-electron chi connectivity index (χ1n) is 9.59. The minimum Gasteiger partial charge on any atom is -0.475 e. The predicted molar refractivity (Wildman–Crippen MR) is 118 cm³/mol. The summed E-state index contributed by atoms with van der Waals surface area (Å²) in [5.74, 6) is -3.66. The number of aliphatic hydroxyl groups is 3. The second kappa shape index (κ2) is 8.57. The SMILES string of the molecule is CC(=O)[C@]1(O)[C@@](O)(C(C)=O)CS[C@H](Oc2cc(-c3ccccn3)ccc2Cl)[C@@]1(O)C(C)=O. The van der Waals surface area contributed by atoms with E-state index in [0.717, 1.165) is 20.8 Å². The Kier molecular flexibility index (Phi) is 6.52. The van der Waals surface area contributed by atoms with Crippen LogP contribution in [0.4, 0.5) is 0 Å². The van der Waals surface area contributed by atoms with Gasteiger partial charge in [-0.25, -0.2) is 0 Å². The zero-order chi connectivity index (χ0) is 23.9. The summed E-state index contributed by atoms with van der Waals surface area (Å²) in [6.07, 6.45) is 1.60. The van der Waals surface area contributed by atoms with Crippen LogP contribution in [0.25, 0.3) is 11.3 Å². The average Bonchev–Trinajstić information content (AvgIpc) is 2.75. The summed E-state index contributed by atoms with van der Waals surface area (Å²) < 4.78 is 5.84. The van der Waals surface area contributed by atoms with E-state index in [9.17, 15) is 29.7 Å². The topological polar surface area (TPSA) is 134 Å². The van der Waals surface area contributed by atoms with Crippen LogP contribution >= 0.6 is 23.4 Å². The Hall–Kier alpha value is -2.30. The highest BCUT2D eigenvalue weighted by Gasteiger charge is 2.75. The smallest absolute Gasteiger partial charge is 0.208 e. The van der Waals surface area contributed by atoms with Gasteiger partial charge in [0.05, 0.1) is 10.7 Å². The third-order valence-electron chi connectivity index (χ3n) is 5.69. The van der Waals surface area contributed by atoms with Gasteiger partial charge in [0.1, 0.15) is 5.75 Å². The molecule has 3 rings (SSSR count). The van der Waals surface area contributed by atoms with Crippen molar-refractivity contribution in [1.82, 2.24) is 4.98 Å². The second-order valence-electron chi connectivity index (χ2n) is 7.63. The van der Waals surface area contributed by atoms with Crippen LogP contribution in [0, 0.1) is 0 Å². The second-order valence-corrected chi connectivity index (χ2v) is 9.08. The third kappa shape index (κ3) is 3.54. The fraction of sp³-hybridized carbons (Fsp3) is 0.364. The van der Waals surface area contributed by atoms with Crippen molar-refractivity contribution in [3.63, 3.8) is 0 Å². The van der Waals surface area contributed by atoms with Gasteiger partial charge in [-0.15, -0.1) is 11.8 Å². The summed E-state index contributed by atoms with van der Waals surface area (Å²) in [7, 11) is 0. The highest BCUT2D eigenvalue weighted by Crippen LogP contribution is 2.49. The van der Waals surface area contributed by atoms with Crippen molar-refractivity contribution >= 4 is 40.7 Å². The summed E-state index contributed by atoms with van der Waals surface area (Å²) >= 11 is 6.97. The molecule has 0 spiro atoms. The van der Waals surface area contributed by atoms with Crippen molar-refractivity contribution in [1.29, 1.82) is 0 Å². The highest BCUT2D eigenvalue weighted by molar-refractivity contribution is 8.00. The molecule has 4 atom stereocenters. The number of ketones is 3. The normalized spacial score (nSPS) is 29.9. The van der Waals surface area contributed by atoms with Crippen molar-refractivity contribution in [2.75, 3.05) is 5.75 Å². The van der Waals surface area contributed by atoms with Gasteiger partial charge in [0.25, 0.3) is 0 Å². The summed E-state index contributed by atoms with van der Waals surface area (Å²) in [5.41, 5.74) is -9.13. The lowest BCUT2D eigenvalue weighted by atomic mass is 9.65. The molecular formula is C22H22ClNO7S. The Bertz CT molecular complexity index is 1080. The third-order valence-corrected chi connectivity index (χ3v) is 7.33. The first-order valence-corrected chi connectivity index (χ1v) is 11.0. The zero-order valence-electron chi connectivity index (χ0n) is 17.5. The largest absolute Gasteiger partial charge is 0.475 e. The van der Waals surface area contributed by atoms with Gasteiger partial charge in [0.2, 0.25) is 5.60 Å². The molecule has 170 valence electrons. The van der Waals surface area contributed by atoms with Crippen molar-refractivity contribution in [3.8, 4) is 17.0 Å². The Morgan fingerprint density at radius 2 is 1.75 bits per heavy atom. The number of hydrogen-bond donors (Lipinski definition) is 3. The molecule has 1 aromatic heterocycles. The van der Waals surface area contributed by atoms with Gasteiger partial charge in [0, 0.05) is 17.5 Å². The van der Waals surface area contributed by atoms with Crippen LogP contribution in [-0.2, 0) is 14.4 Å². The lowest BCUT2D eigenvalue weighted by Gasteiger charge is -2.54. The van der Waals surface area contributed by atoms with Crippen LogP contribution in [0.3, 0.4) is 0 Å². The fourth-order valence-electron chi connectivity index (χ4n) is 3.76. The molecule has 0 saturated carbocycles. The average molecular weight is 480 g/mol. The van der Waals surface area contributed by atoms with Gasteiger partial charge in [0.15, 0.2) is 34.0 Å². The van der Waals surface area contributed by atoms with E-state index in [-0.39, 0.29) is 10.8 Å². The molecule has 8 nitrogen and oxygen atoms in total. The Labute approximate surface area is 193 Å². The molecule has 1 aliphatic rings. The van der Waals surface area contributed by atoms with Crippen molar-refractivity contribution in [2.24, 2.45) is 0 Å². The van der Waals surface area contributed by atoms with Crippen molar-refractivity contribution in [3.05, 3.63) is 47.6 Å². The van der Waals surface area contributed by atoms with Crippen LogP contribution in [0.1, 0.15) is 20.8 Å². The van der Waals surface area contributed by atoms with Gasteiger partial charge < -0.3 is 20.1 Å². The molecule has 32 heavy (non-hydrogen) atoms. The first-order chi connectivity index (χ1) is 14.9. The molecule has 0 aliphatic carbocycles. The number of pyridine rings is 1. The zero-order valence-corrected chi connectivity index (χ0v) is 19.1. The summed E-state index contributed by atoms with van der Waals surface area (Å²) in [5, 5.41) is 33.7. The number of benzene rings is 1. The maximum Gasteiger partial charge on any atom is 0.208 e. The first kappa shape index (κ1) is 24.3. The lowest BCUT2D eigenvalue weighted by Crippen LogP contribution is -2.82. The number of halogens is 1. The number of aromatic nitrogens is 1.